The van der Waals surface area contributed by atoms with Crippen LogP contribution in [0.4, 0.5) is 10.5 Å². The number of fused-ring (bicyclic) bond motifs is 1. The molecule has 0 aliphatic heterocycles. The summed E-state index contributed by atoms with van der Waals surface area (Å²) in [5, 5.41) is 7.32. The van der Waals surface area contributed by atoms with E-state index < -0.39 is 0 Å². The molecule has 26 heavy (non-hydrogen) atoms. The van der Waals surface area contributed by atoms with Crippen LogP contribution in [0.25, 0.3) is 11.0 Å². The molecule has 1 aromatic carbocycles. The molecule has 0 saturated heterocycles. The van der Waals surface area contributed by atoms with E-state index >= 15 is 0 Å². The number of nitrogens with zero attached hydrogens (tertiary/aromatic N) is 2. The number of rotatable bonds is 7. The minimum atomic E-state index is -0.256. The summed E-state index contributed by atoms with van der Waals surface area (Å²) in [5.74, 6) is 0. The van der Waals surface area contributed by atoms with Crippen molar-refractivity contribution in [1.29, 1.82) is 0 Å². The SMILES string of the molecule is COCCn1cc(CCNC(=O)Nc2cccc(Cl)c2)c2cccnc21. The highest BCUT2D eigenvalue weighted by atomic mass is 35.5. The second-order valence-corrected chi connectivity index (χ2v) is 6.29. The van der Waals surface area contributed by atoms with Gasteiger partial charge < -0.3 is 19.9 Å². The summed E-state index contributed by atoms with van der Waals surface area (Å²) in [6.45, 7) is 1.89. The third kappa shape index (κ3) is 4.53. The monoisotopic (exact) mass is 372 g/mol. The minimum absolute atomic E-state index is 0.256. The first-order valence-electron chi connectivity index (χ1n) is 8.39. The second-order valence-electron chi connectivity index (χ2n) is 5.86. The van der Waals surface area contributed by atoms with Crippen LogP contribution in [0.2, 0.25) is 5.02 Å². The molecule has 3 aromatic rings. The number of ether oxygens (including phenoxy) is 1. The smallest absolute Gasteiger partial charge is 0.319 e. The topological polar surface area (TPSA) is 68.2 Å². The Morgan fingerprint density at radius 3 is 3.00 bits per heavy atom. The lowest BCUT2D eigenvalue weighted by molar-refractivity contribution is 0.188. The zero-order valence-corrected chi connectivity index (χ0v) is 15.3. The van der Waals surface area contributed by atoms with Crippen molar-refractivity contribution in [3.63, 3.8) is 0 Å². The predicted octanol–water partition coefficient (Wildman–Crippen LogP) is 3.70. The molecule has 2 heterocycles. The molecule has 2 amide bonds. The Labute approximate surface area is 157 Å². The van der Waals surface area contributed by atoms with Crippen LogP contribution in [-0.4, -0.2) is 35.8 Å². The molecule has 0 aliphatic carbocycles. The van der Waals surface area contributed by atoms with Gasteiger partial charge in [0.25, 0.3) is 0 Å². The van der Waals surface area contributed by atoms with Crippen molar-refractivity contribution >= 4 is 34.4 Å². The first kappa shape index (κ1) is 18.2. The number of methoxy groups -OCH3 is 1. The Kier molecular flexibility index (Phi) is 6.09. The average Bonchev–Trinajstić information content (AvgIpc) is 2.98. The van der Waals surface area contributed by atoms with E-state index in [1.54, 1.807) is 37.6 Å². The molecule has 0 atom stereocenters. The maximum absolute atomic E-state index is 12.0. The van der Waals surface area contributed by atoms with Crippen molar-refractivity contribution in [2.45, 2.75) is 13.0 Å². The number of halogens is 1. The van der Waals surface area contributed by atoms with E-state index in [0.717, 1.165) is 23.1 Å². The molecule has 2 N–H and O–H groups in total. The van der Waals surface area contributed by atoms with Crippen LogP contribution in [0.5, 0.6) is 0 Å². The summed E-state index contributed by atoms with van der Waals surface area (Å²) in [7, 11) is 1.68. The number of carbonyl (C=O) groups is 1. The number of benzene rings is 1. The summed E-state index contributed by atoms with van der Waals surface area (Å²) in [6.07, 6.45) is 4.57. The van der Waals surface area contributed by atoms with Crippen LogP contribution in [0.15, 0.2) is 48.8 Å². The Bertz CT molecular complexity index is 894. The third-order valence-corrected chi connectivity index (χ3v) is 4.25. The van der Waals surface area contributed by atoms with E-state index in [1.807, 2.05) is 12.1 Å². The Morgan fingerprint density at radius 2 is 2.19 bits per heavy atom. The molecule has 7 heteroatoms. The largest absolute Gasteiger partial charge is 0.383 e. The maximum Gasteiger partial charge on any atom is 0.319 e. The molecular formula is C19H21ClN4O2. The van der Waals surface area contributed by atoms with Gasteiger partial charge in [0.15, 0.2) is 0 Å². The van der Waals surface area contributed by atoms with Crippen molar-refractivity contribution in [3.05, 3.63) is 59.4 Å². The quantitative estimate of drug-likeness (QED) is 0.664. The Balaban J connectivity index is 1.60. The van der Waals surface area contributed by atoms with E-state index in [2.05, 4.69) is 26.4 Å². The normalized spacial score (nSPS) is 10.8. The highest BCUT2D eigenvalue weighted by molar-refractivity contribution is 6.30. The fraction of sp³-hybridized carbons (Fsp3) is 0.263. The third-order valence-electron chi connectivity index (χ3n) is 4.02. The van der Waals surface area contributed by atoms with Gasteiger partial charge in [-0.1, -0.05) is 17.7 Å². The number of aromatic nitrogens is 2. The highest BCUT2D eigenvalue weighted by Crippen LogP contribution is 2.19. The second kappa shape index (κ2) is 8.69. The van der Waals surface area contributed by atoms with Gasteiger partial charge in [0.2, 0.25) is 0 Å². The molecule has 0 saturated carbocycles. The summed E-state index contributed by atoms with van der Waals surface area (Å²) in [5.41, 5.74) is 2.74. The summed E-state index contributed by atoms with van der Waals surface area (Å²) in [6, 6.07) is 10.8. The number of nitrogens with one attached hydrogen (secondary N) is 2. The van der Waals surface area contributed by atoms with Gasteiger partial charge in [-0.15, -0.1) is 0 Å². The van der Waals surface area contributed by atoms with Gasteiger partial charge in [0.1, 0.15) is 5.65 Å². The molecule has 0 aliphatic rings. The average molecular weight is 373 g/mol. The van der Waals surface area contributed by atoms with E-state index in [0.29, 0.717) is 30.3 Å². The van der Waals surface area contributed by atoms with Crippen molar-refractivity contribution < 1.29 is 9.53 Å². The molecule has 0 unspecified atom stereocenters. The van der Waals surface area contributed by atoms with Gasteiger partial charge in [0, 0.05) is 48.7 Å². The molecule has 0 fully saturated rings. The van der Waals surface area contributed by atoms with Crippen LogP contribution < -0.4 is 10.6 Å². The number of amides is 2. The van der Waals surface area contributed by atoms with Gasteiger partial charge in [-0.3, -0.25) is 0 Å². The molecule has 3 rings (SSSR count). The van der Waals surface area contributed by atoms with Gasteiger partial charge in [-0.2, -0.15) is 0 Å². The van der Waals surface area contributed by atoms with Gasteiger partial charge in [0.05, 0.1) is 6.61 Å². The van der Waals surface area contributed by atoms with Crippen molar-refractivity contribution in [1.82, 2.24) is 14.9 Å². The lowest BCUT2D eigenvalue weighted by Crippen LogP contribution is -2.30. The molecular weight excluding hydrogens is 352 g/mol. The van der Waals surface area contributed by atoms with E-state index in [1.165, 1.54) is 0 Å². The van der Waals surface area contributed by atoms with Crippen LogP contribution in [0.3, 0.4) is 0 Å². The Morgan fingerprint density at radius 1 is 1.31 bits per heavy atom. The molecule has 0 bridgehead atoms. The molecule has 0 radical (unpaired) electrons. The molecule has 2 aromatic heterocycles. The number of hydrogen-bond donors (Lipinski definition) is 2. The van der Waals surface area contributed by atoms with Crippen molar-refractivity contribution in [3.8, 4) is 0 Å². The first-order valence-corrected chi connectivity index (χ1v) is 8.77. The van der Waals surface area contributed by atoms with Crippen LogP contribution in [-0.2, 0) is 17.7 Å². The summed E-state index contributed by atoms with van der Waals surface area (Å²) >= 11 is 5.92. The lowest BCUT2D eigenvalue weighted by atomic mass is 10.1. The number of anilines is 1. The van der Waals surface area contributed by atoms with Crippen LogP contribution >= 0.6 is 11.6 Å². The zero-order valence-electron chi connectivity index (χ0n) is 14.5. The standard InChI is InChI=1S/C19H21ClN4O2/c1-26-11-10-24-13-14(17-6-3-8-21-18(17)24)7-9-22-19(25)23-16-5-2-4-15(20)12-16/h2-6,8,12-13H,7,9-11H2,1H3,(H2,22,23,25). The fourth-order valence-electron chi connectivity index (χ4n) is 2.81. The minimum Gasteiger partial charge on any atom is -0.383 e. The molecule has 6 nitrogen and oxygen atoms in total. The first-order chi connectivity index (χ1) is 12.7. The summed E-state index contributed by atoms with van der Waals surface area (Å²) in [4.78, 5) is 16.5. The number of urea groups is 1. The highest BCUT2D eigenvalue weighted by Gasteiger charge is 2.10. The predicted molar refractivity (Wildman–Crippen MR) is 104 cm³/mol. The van der Waals surface area contributed by atoms with E-state index in [9.17, 15) is 4.79 Å². The van der Waals surface area contributed by atoms with Crippen molar-refractivity contribution in [2.75, 3.05) is 25.6 Å². The van der Waals surface area contributed by atoms with E-state index in [-0.39, 0.29) is 6.03 Å². The maximum atomic E-state index is 12.0. The van der Waals surface area contributed by atoms with Crippen LogP contribution in [0, 0.1) is 0 Å². The Hall–Kier alpha value is -2.57. The lowest BCUT2D eigenvalue weighted by Gasteiger charge is -2.07. The van der Waals surface area contributed by atoms with Gasteiger partial charge in [-0.05, 0) is 42.3 Å². The van der Waals surface area contributed by atoms with Gasteiger partial charge >= 0.3 is 6.03 Å². The van der Waals surface area contributed by atoms with E-state index in [4.69, 9.17) is 16.3 Å². The zero-order chi connectivity index (χ0) is 18.4. The number of pyridine rings is 1. The van der Waals surface area contributed by atoms with Crippen molar-refractivity contribution in [2.24, 2.45) is 0 Å². The fourth-order valence-corrected chi connectivity index (χ4v) is 3.00. The van der Waals surface area contributed by atoms with Gasteiger partial charge in [-0.25, -0.2) is 9.78 Å². The molecule has 0 spiro atoms. The number of carbonyl (C=O) groups excluding carboxylic acids is 1. The van der Waals surface area contributed by atoms with Crippen LogP contribution in [0.1, 0.15) is 5.56 Å². The molecule has 136 valence electrons. The number of hydrogen-bond acceptors (Lipinski definition) is 3. The summed E-state index contributed by atoms with van der Waals surface area (Å²) < 4.78 is 7.24.